The molecule has 2 heterocycles. The monoisotopic (exact) mass is 253 g/mol. The third-order valence-corrected chi connectivity index (χ3v) is 2.79. The normalized spacial score (nSPS) is 18.8. The average Bonchev–Trinajstić information content (AvgIpc) is 2.96. The van der Waals surface area contributed by atoms with Crippen LogP contribution in [0.25, 0.3) is 0 Å². The minimum atomic E-state index is -1.11. The first-order chi connectivity index (χ1) is 8.65. The third-order valence-electron chi connectivity index (χ3n) is 2.79. The van der Waals surface area contributed by atoms with Gasteiger partial charge in [0.2, 0.25) is 5.91 Å². The van der Waals surface area contributed by atoms with Crippen LogP contribution in [0.1, 0.15) is 36.2 Å². The van der Waals surface area contributed by atoms with E-state index in [2.05, 4.69) is 15.5 Å². The second-order valence-corrected chi connectivity index (χ2v) is 4.19. The van der Waals surface area contributed by atoms with Crippen LogP contribution in [0, 0.1) is 0 Å². The summed E-state index contributed by atoms with van der Waals surface area (Å²) in [6.45, 7) is 0.771. The summed E-state index contributed by atoms with van der Waals surface area (Å²) in [4.78, 5) is 22.2. The number of H-pyrrole nitrogens is 1. The molecule has 7 heteroatoms. The van der Waals surface area contributed by atoms with E-state index < -0.39 is 5.97 Å². The van der Waals surface area contributed by atoms with E-state index in [4.69, 9.17) is 9.84 Å². The Morgan fingerprint density at radius 3 is 3.06 bits per heavy atom. The van der Waals surface area contributed by atoms with Crippen molar-refractivity contribution in [2.24, 2.45) is 0 Å². The SMILES string of the molecule is O=C(CCC1CCCO1)Nc1cc(C(=O)O)[nH]n1. The summed E-state index contributed by atoms with van der Waals surface area (Å²) in [6, 6.07) is 1.28. The summed E-state index contributed by atoms with van der Waals surface area (Å²) in [5.41, 5.74) is -0.0515. The summed E-state index contributed by atoms with van der Waals surface area (Å²) in [7, 11) is 0. The van der Waals surface area contributed by atoms with E-state index in [-0.39, 0.29) is 23.5 Å². The Morgan fingerprint density at radius 1 is 1.61 bits per heavy atom. The van der Waals surface area contributed by atoms with Gasteiger partial charge in [0.1, 0.15) is 5.69 Å². The van der Waals surface area contributed by atoms with E-state index in [1.54, 1.807) is 0 Å². The van der Waals surface area contributed by atoms with Gasteiger partial charge in [-0.05, 0) is 19.3 Å². The van der Waals surface area contributed by atoms with E-state index in [0.717, 1.165) is 19.4 Å². The lowest BCUT2D eigenvalue weighted by Gasteiger charge is -2.07. The number of hydrogen-bond acceptors (Lipinski definition) is 4. The van der Waals surface area contributed by atoms with Crippen molar-refractivity contribution in [3.8, 4) is 0 Å². The number of carbonyl (C=O) groups excluding carboxylic acids is 1. The zero-order valence-electron chi connectivity index (χ0n) is 9.81. The lowest BCUT2D eigenvalue weighted by atomic mass is 10.1. The van der Waals surface area contributed by atoms with Gasteiger partial charge in [-0.15, -0.1) is 0 Å². The number of anilines is 1. The molecule has 1 aromatic heterocycles. The van der Waals surface area contributed by atoms with Crippen LogP contribution in [-0.2, 0) is 9.53 Å². The molecule has 0 spiro atoms. The van der Waals surface area contributed by atoms with Crippen LogP contribution in [0.15, 0.2) is 6.07 Å². The van der Waals surface area contributed by atoms with Gasteiger partial charge >= 0.3 is 5.97 Å². The van der Waals surface area contributed by atoms with Crippen molar-refractivity contribution >= 4 is 17.7 Å². The van der Waals surface area contributed by atoms with Gasteiger partial charge in [0.05, 0.1) is 6.10 Å². The minimum absolute atomic E-state index is 0.0515. The van der Waals surface area contributed by atoms with Crippen molar-refractivity contribution in [1.82, 2.24) is 10.2 Å². The number of nitrogens with one attached hydrogen (secondary N) is 2. The highest BCUT2D eigenvalue weighted by Crippen LogP contribution is 2.17. The second-order valence-electron chi connectivity index (χ2n) is 4.19. The number of carbonyl (C=O) groups is 2. The molecule has 1 saturated heterocycles. The molecule has 1 atom stereocenters. The number of carboxylic acids is 1. The molecule has 1 aromatic rings. The number of rotatable bonds is 5. The van der Waals surface area contributed by atoms with Gasteiger partial charge in [-0.2, -0.15) is 5.10 Å². The van der Waals surface area contributed by atoms with E-state index in [1.165, 1.54) is 6.07 Å². The number of aromatic nitrogens is 2. The Morgan fingerprint density at radius 2 is 2.44 bits per heavy atom. The molecule has 0 aromatic carbocycles. The zero-order valence-corrected chi connectivity index (χ0v) is 9.81. The predicted octanol–water partition coefficient (Wildman–Crippen LogP) is 1.01. The molecule has 0 saturated carbocycles. The fourth-order valence-electron chi connectivity index (χ4n) is 1.86. The lowest BCUT2D eigenvalue weighted by molar-refractivity contribution is -0.116. The van der Waals surface area contributed by atoms with E-state index in [9.17, 15) is 9.59 Å². The molecule has 98 valence electrons. The Hall–Kier alpha value is -1.89. The fourth-order valence-corrected chi connectivity index (χ4v) is 1.86. The summed E-state index contributed by atoms with van der Waals surface area (Å²) < 4.78 is 5.41. The average molecular weight is 253 g/mol. The van der Waals surface area contributed by atoms with E-state index >= 15 is 0 Å². The fraction of sp³-hybridized carbons (Fsp3) is 0.545. The molecular weight excluding hydrogens is 238 g/mol. The van der Waals surface area contributed by atoms with Crippen molar-refractivity contribution in [2.45, 2.75) is 31.8 Å². The molecule has 18 heavy (non-hydrogen) atoms. The van der Waals surface area contributed by atoms with Crippen molar-refractivity contribution in [3.63, 3.8) is 0 Å². The maximum absolute atomic E-state index is 11.6. The Kier molecular flexibility index (Phi) is 3.93. The largest absolute Gasteiger partial charge is 0.477 e. The Balaban J connectivity index is 1.77. The molecule has 2 rings (SSSR count). The van der Waals surface area contributed by atoms with Crippen molar-refractivity contribution in [1.29, 1.82) is 0 Å². The van der Waals surface area contributed by atoms with E-state index in [1.807, 2.05) is 0 Å². The number of ether oxygens (including phenoxy) is 1. The molecule has 0 aliphatic carbocycles. The molecule has 1 fully saturated rings. The zero-order chi connectivity index (χ0) is 13.0. The number of amides is 1. The summed E-state index contributed by atoms with van der Waals surface area (Å²) >= 11 is 0. The van der Waals surface area contributed by atoms with Gasteiger partial charge < -0.3 is 15.2 Å². The van der Waals surface area contributed by atoms with Gasteiger partial charge in [0, 0.05) is 19.1 Å². The Labute approximate surface area is 104 Å². The Bertz CT molecular complexity index is 437. The van der Waals surface area contributed by atoms with Crippen molar-refractivity contribution in [2.75, 3.05) is 11.9 Å². The van der Waals surface area contributed by atoms with E-state index in [0.29, 0.717) is 12.8 Å². The molecule has 1 aliphatic rings. The maximum atomic E-state index is 11.6. The topological polar surface area (TPSA) is 104 Å². The first-order valence-electron chi connectivity index (χ1n) is 5.85. The van der Waals surface area contributed by atoms with Gasteiger partial charge in [-0.25, -0.2) is 4.79 Å². The highest BCUT2D eigenvalue weighted by atomic mass is 16.5. The van der Waals surface area contributed by atoms with Gasteiger partial charge in [-0.1, -0.05) is 0 Å². The third kappa shape index (κ3) is 3.30. The highest BCUT2D eigenvalue weighted by Gasteiger charge is 2.17. The van der Waals surface area contributed by atoms with Gasteiger partial charge in [-0.3, -0.25) is 9.89 Å². The molecular formula is C11H15N3O4. The molecule has 1 aliphatic heterocycles. The maximum Gasteiger partial charge on any atom is 0.353 e. The van der Waals surface area contributed by atoms with Crippen LogP contribution in [0.5, 0.6) is 0 Å². The quantitative estimate of drug-likeness (QED) is 0.726. The van der Waals surface area contributed by atoms with Crippen molar-refractivity contribution < 1.29 is 19.4 Å². The second kappa shape index (κ2) is 5.63. The molecule has 7 nitrogen and oxygen atoms in total. The number of aromatic carboxylic acids is 1. The minimum Gasteiger partial charge on any atom is -0.477 e. The molecule has 1 unspecified atom stereocenters. The van der Waals surface area contributed by atoms with Crippen molar-refractivity contribution in [3.05, 3.63) is 11.8 Å². The van der Waals surface area contributed by atoms with Crippen LogP contribution in [0.4, 0.5) is 5.82 Å². The molecule has 3 N–H and O–H groups in total. The summed E-state index contributed by atoms with van der Waals surface area (Å²) in [5, 5.41) is 17.2. The smallest absolute Gasteiger partial charge is 0.353 e. The highest BCUT2D eigenvalue weighted by molar-refractivity contribution is 5.92. The van der Waals surface area contributed by atoms with Crippen LogP contribution < -0.4 is 5.32 Å². The number of aromatic amines is 1. The first kappa shape index (κ1) is 12.6. The summed E-state index contributed by atoms with van der Waals surface area (Å²) in [6.07, 6.45) is 3.25. The number of hydrogen-bond donors (Lipinski definition) is 3. The predicted molar refractivity (Wildman–Crippen MR) is 62.4 cm³/mol. The summed E-state index contributed by atoms with van der Waals surface area (Å²) in [5.74, 6) is -1.07. The number of nitrogens with zero attached hydrogens (tertiary/aromatic N) is 1. The number of carboxylic acid groups (broad SMARTS) is 1. The molecule has 0 bridgehead atoms. The molecule has 0 radical (unpaired) electrons. The molecule has 1 amide bonds. The van der Waals surface area contributed by atoms with Crippen LogP contribution >= 0.6 is 0 Å². The van der Waals surface area contributed by atoms with Gasteiger partial charge in [0.25, 0.3) is 0 Å². The van der Waals surface area contributed by atoms with Gasteiger partial charge in [0.15, 0.2) is 5.82 Å². The lowest BCUT2D eigenvalue weighted by Crippen LogP contribution is -2.15. The van der Waals surface area contributed by atoms with Crippen LogP contribution in [0.3, 0.4) is 0 Å². The first-order valence-corrected chi connectivity index (χ1v) is 5.85. The van der Waals surface area contributed by atoms with Crippen LogP contribution in [0.2, 0.25) is 0 Å². The standard InChI is InChI=1S/C11H15N3O4/c15-10(4-3-7-2-1-5-18-7)12-9-6-8(11(16)17)13-14-9/h6-7H,1-5H2,(H,16,17)(H2,12,13,14,15). The van der Waals surface area contributed by atoms with Crippen LogP contribution in [-0.4, -0.2) is 39.9 Å².